The van der Waals surface area contributed by atoms with E-state index in [9.17, 15) is 13.2 Å². The number of carbonyl (C=O) groups is 1. The number of ether oxygens (including phenoxy) is 2. The van der Waals surface area contributed by atoms with E-state index in [0.29, 0.717) is 23.6 Å². The van der Waals surface area contributed by atoms with Gasteiger partial charge in [0, 0.05) is 20.6 Å². The second-order valence-electron chi connectivity index (χ2n) is 7.89. The molecule has 0 aliphatic carbocycles. The minimum atomic E-state index is -3.57. The summed E-state index contributed by atoms with van der Waals surface area (Å²) in [5.41, 5.74) is 3.44. The number of hydrogen-bond donors (Lipinski definition) is 0. The smallest absolute Gasteiger partial charge is 0.344 e. The summed E-state index contributed by atoms with van der Waals surface area (Å²) in [6, 6.07) is 10.6. The number of rotatable bonds is 9. The van der Waals surface area contributed by atoms with Crippen LogP contribution in [0.3, 0.4) is 0 Å². The van der Waals surface area contributed by atoms with Gasteiger partial charge in [-0.1, -0.05) is 13.0 Å². The van der Waals surface area contributed by atoms with Crippen LogP contribution in [0.4, 0.5) is 0 Å². The third-order valence-corrected chi connectivity index (χ3v) is 6.75. The van der Waals surface area contributed by atoms with Gasteiger partial charge in [-0.3, -0.25) is 0 Å². The van der Waals surface area contributed by atoms with Crippen LogP contribution in [-0.4, -0.2) is 48.9 Å². The lowest BCUT2D eigenvalue weighted by Gasteiger charge is -2.11. The third-order valence-electron chi connectivity index (χ3n) is 4.94. The second kappa shape index (κ2) is 9.70. The summed E-state index contributed by atoms with van der Waals surface area (Å²) >= 11 is 0. The molecule has 0 saturated heterocycles. The zero-order valence-electron chi connectivity index (χ0n) is 19.1. The normalized spacial score (nSPS) is 11.8. The number of fused-ring (bicyclic) bond motifs is 1. The van der Waals surface area contributed by atoms with Crippen molar-refractivity contribution >= 4 is 27.0 Å². The fraction of sp³-hybridized carbons (Fsp3) is 0.391. The van der Waals surface area contributed by atoms with Crippen LogP contribution in [0, 0.1) is 13.8 Å². The maximum absolute atomic E-state index is 12.4. The molecular formula is C23H29N3O5S. The Labute approximate surface area is 188 Å². The molecule has 0 bridgehead atoms. The monoisotopic (exact) mass is 459 g/mol. The second-order valence-corrected chi connectivity index (χ2v) is 10.0. The predicted molar refractivity (Wildman–Crippen MR) is 122 cm³/mol. The topological polar surface area (TPSA) is 90.7 Å². The Balaban J connectivity index is 1.75. The molecule has 2 aromatic carbocycles. The lowest BCUT2D eigenvalue weighted by atomic mass is 10.1. The molecule has 3 rings (SSSR count). The Bertz CT molecular complexity index is 1210. The summed E-state index contributed by atoms with van der Waals surface area (Å²) in [6.45, 7) is 6.39. The van der Waals surface area contributed by atoms with Crippen LogP contribution in [0.1, 0.15) is 30.3 Å². The number of aryl methyl sites for hydroxylation is 3. The number of nitrogens with zero attached hydrogens (tertiary/aromatic N) is 3. The summed E-state index contributed by atoms with van der Waals surface area (Å²) in [6.07, 6.45) is 0.847. The van der Waals surface area contributed by atoms with Crippen LogP contribution in [0.5, 0.6) is 5.75 Å². The van der Waals surface area contributed by atoms with Crippen molar-refractivity contribution in [1.29, 1.82) is 0 Å². The highest BCUT2D eigenvalue weighted by molar-refractivity contribution is 7.89. The highest BCUT2D eigenvalue weighted by atomic mass is 32.2. The van der Waals surface area contributed by atoms with E-state index in [-0.39, 0.29) is 18.1 Å². The highest BCUT2D eigenvalue weighted by Gasteiger charge is 2.20. The molecule has 0 amide bonds. The minimum absolute atomic E-state index is 0.0283. The van der Waals surface area contributed by atoms with E-state index in [1.807, 2.05) is 43.5 Å². The van der Waals surface area contributed by atoms with Gasteiger partial charge in [-0.05, 0) is 61.7 Å². The molecule has 8 nitrogen and oxygen atoms in total. The maximum atomic E-state index is 12.4. The number of esters is 1. The van der Waals surface area contributed by atoms with Crippen molar-refractivity contribution < 1.29 is 22.7 Å². The summed E-state index contributed by atoms with van der Waals surface area (Å²) in [4.78, 5) is 16.9. The minimum Gasteiger partial charge on any atom is -0.482 e. The fourth-order valence-electron chi connectivity index (χ4n) is 3.46. The summed E-state index contributed by atoms with van der Waals surface area (Å²) in [5, 5.41) is 0. The average Bonchev–Trinajstić information content (AvgIpc) is 3.07. The van der Waals surface area contributed by atoms with E-state index in [1.165, 1.54) is 14.1 Å². The van der Waals surface area contributed by atoms with Gasteiger partial charge in [0.05, 0.1) is 15.9 Å². The summed E-state index contributed by atoms with van der Waals surface area (Å²) in [7, 11) is -0.595. The number of benzene rings is 2. The van der Waals surface area contributed by atoms with Crippen molar-refractivity contribution in [2.75, 3.05) is 20.7 Å². The highest BCUT2D eigenvalue weighted by Crippen LogP contribution is 2.23. The number of sulfonamides is 1. The van der Waals surface area contributed by atoms with Gasteiger partial charge in [-0.15, -0.1) is 0 Å². The number of carbonyl (C=O) groups excluding carboxylic acids is 1. The molecule has 1 aromatic heterocycles. The Morgan fingerprint density at radius 3 is 2.41 bits per heavy atom. The Kier molecular flexibility index (Phi) is 7.20. The van der Waals surface area contributed by atoms with Crippen molar-refractivity contribution in [2.45, 2.75) is 45.2 Å². The molecule has 0 radical (unpaired) electrons. The van der Waals surface area contributed by atoms with Crippen LogP contribution in [-0.2, 0) is 32.7 Å². The lowest BCUT2D eigenvalue weighted by molar-refractivity contribution is -0.147. The van der Waals surface area contributed by atoms with Crippen molar-refractivity contribution in [3.63, 3.8) is 0 Å². The van der Waals surface area contributed by atoms with Crippen molar-refractivity contribution in [3.05, 3.63) is 53.3 Å². The molecule has 32 heavy (non-hydrogen) atoms. The first-order valence-electron chi connectivity index (χ1n) is 10.4. The molecule has 0 saturated carbocycles. The third kappa shape index (κ3) is 5.28. The Morgan fingerprint density at radius 2 is 1.78 bits per heavy atom. The number of aromatic nitrogens is 2. The summed E-state index contributed by atoms with van der Waals surface area (Å²) in [5.74, 6) is 0.670. The molecule has 0 aliphatic rings. The van der Waals surface area contributed by atoms with Crippen LogP contribution < -0.4 is 4.74 Å². The maximum Gasteiger partial charge on any atom is 0.344 e. The molecule has 0 fully saturated rings. The van der Waals surface area contributed by atoms with Gasteiger partial charge in [-0.25, -0.2) is 22.5 Å². The molecule has 0 spiro atoms. The van der Waals surface area contributed by atoms with Crippen LogP contribution in [0.15, 0.2) is 41.3 Å². The molecule has 0 N–H and O–H groups in total. The first-order valence-corrected chi connectivity index (χ1v) is 11.8. The van der Waals surface area contributed by atoms with Gasteiger partial charge >= 0.3 is 5.97 Å². The van der Waals surface area contributed by atoms with Crippen molar-refractivity contribution in [1.82, 2.24) is 13.9 Å². The molecule has 0 atom stereocenters. The molecule has 172 valence electrons. The first kappa shape index (κ1) is 23.7. The van der Waals surface area contributed by atoms with Crippen LogP contribution in [0.25, 0.3) is 11.0 Å². The predicted octanol–water partition coefficient (Wildman–Crippen LogP) is 3.44. The molecule has 9 heteroatoms. The lowest BCUT2D eigenvalue weighted by Crippen LogP contribution is -2.22. The SMILES string of the molecule is CCCn1c(COC(=O)COc2cc(C)cc(C)c2)nc2cc(S(=O)(=O)N(C)C)ccc21. The van der Waals surface area contributed by atoms with Gasteiger partial charge in [0.2, 0.25) is 10.0 Å². The summed E-state index contributed by atoms with van der Waals surface area (Å²) < 4.78 is 38.9. The zero-order chi connectivity index (χ0) is 23.5. The zero-order valence-corrected chi connectivity index (χ0v) is 19.9. The van der Waals surface area contributed by atoms with Crippen LogP contribution in [0.2, 0.25) is 0 Å². The quantitative estimate of drug-likeness (QED) is 0.455. The van der Waals surface area contributed by atoms with Crippen molar-refractivity contribution in [3.8, 4) is 5.75 Å². The molecular weight excluding hydrogens is 430 g/mol. The van der Waals surface area contributed by atoms with E-state index in [0.717, 1.165) is 27.4 Å². The van der Waals surface area contributed by atoms with E-state index >= 15 is 0 Å². The molecule has 1 heterocycles. The molecule has 0 unspecified atom stereocenters. The van der Waals surface area contributed by atoms with Gasteiger partial charge in [0.15, 0.2) is 6.61 Å². The van der Waals surface area contributed by atoms with Gasteiger partial charge in [0.25, 0.3) is 0 Å². The standard InChI is InChI=1S/C23H29N3O5S/c1-6-9-26-21-8-7-19(32(28,29)25(4)5)13-20(21)24-22(26)14-31-23(27)15-30-18-11-16(2)10-17(3)12-18/h7-8,10-13H,6,9,14-15H2,1-5H3. The van der Waals surface area contributed by atoms with Gasteiger partial charge < -0.3 is 14.0 Å². The molecule has 3 aromatic rings. The van der Waals surface area contributed by atoms with Crippen molar-refractivity contribution in [2.24, 2.45) is 0 Å². The van der Waals surface area contributed by atoms with Gasteiger partial charge in [-0.2, -0.15) is 0 Å². The Morgan fingerprint density at radius 1 is 1.09 bits per heavy atom. The van der Waals surface area contributed by atoms with E-state index in [2.05, 4.69) is 4.98 Å². The van der Waals surface area contributed by atoms with E-state index < -0.39 is 16.0 Å². The van der Waals surface area contributed by atoms with E-state index in [1.54, 1.807) is 18.2 Å². The number of imidazole rings is 1. The number of hydrogen-bond acceptors (Lipinski definition) is 6. The molecule has 0 aliphatic heterocycles. The van der Waals surface area contributed by atoms with E-state index in [4.69, 9.17) is 9.47 Å². The largest absolute Gasteiger partial charge is 0.482 e. The fourth-order valence-corrected chi connectivity index (χ4v) is 4.38. The van der Waals surface area contributed by atoms with Gasteiger partial charge in [0.1, 0.15) is 18.2 Å². The van der Waals surface area contributed by atoms with Crippen LogP contribution >= 0.6 is 0 Å². The first-order chi connectivity index (χ1) is 15.1. The average molecular weight is 460 g/mol. The Hall–Kier alpha value is -2.91.